The van der Waals surface area contributed by atoms with Crippen molar-refractivity contribution in [1.29, 1.82) is 0 Å². The summed E-state index contributed by atoms with van der Waals surface area (Å²) in [6.45, 7) is 0. The van der Waals surface area contributed by atoms with Gasteiger partial charge in [0.1, 0.15) is 0 Å². The van der Waals surface area contributed by atoms with Crippen LogP contribution >= 0.6 is 84.3 Å². The van der Waals surface area contributed by atoms with Crippen molar-refractivity contribution in [1.82, 2.24) is 13.4 Å². The van der Waals surface area contributed by atoms with Gasteiger partial charge in [0.15, 0.2) is 24.4 Å². The van der Waals surface area contributed by atoms with E-state index in [-0.39, 0.29) is 54.0 Å². The van der Waals surface area contributed by atoms with E-state index in [1.165, 1.54) is 0 Å². The van der Waals surface area contributed by atoms with Crippen LogP contribution in [-0.2, 0) is 124 Å². The van der Waals surface area contributed by atoms with Crippen LogP contribution in [0.2, 0.25) is 0 Å². The van der Waals surface area contributed by atoms with Gasteiger partial charge in [0.2, 0.25) is 0 Å². The van der Waals surface area contributed by atoms with E-state index in [1.54, 1.807) is 0 Å². The molecule has 0 spiro atoms. The molecular formula is C4Mo3N4O11S12. The minimum absolute atomic E-state index is 0. The molecule has 0 aliphatic rings. The summed E-state index contributed by atoms with van der Waals surface area (Å²) >= 11 is 2.10. The van der Waals surface area contributed by atoms with Crippen LogP contribution < -0.4 is 20.4 Å². The number of rotatable bonds is 0. The Bertz CT molecular complexity index is 716. The Morgan fingerprint density at radius 2 is 0.471 bits per heavy atom. The normalized spacial score (nSPS) is 7.12. The van der Waals surface area contributed by atoms with E-state index in [2.05, 4.69) is 0 Å². The van der Waals surface area contributed by atoms with Crippen molar-refractivity contribution in [3.63, 3.8) is 0 Å². The first kappa shape index (κ1) is 52.2. The van der Waals surface area contributed by atoms with E-state index in [1.807, 2.05) is 0 Å². The second-order valence-electron chi connectivity index (χ2n) is 2.69. The molecule has 34 heavy (non-hydrogen) atoms. The molecule has 0 N–H and O–H groups in total. The number of aromatic nitrogens is 4. The number of carboxylic acid groups (broad SMARTS) is 4. The predicted molar refractivity (Wildman–Crippen MR) is 115 cm³/mol. The summed E-state index contributed by atoms with van der Waals surface area (Å²) in [6, 6.07) is 0. The number of hydrogen-bond donors (Lipinski definition) is 0. The van der Waals surface area contributed by atoms with Crippen LogP contribution in [0.4, 0.5) is 19.2 Å². The molecule has 192 valence electrons. The molecule has 0 radical (unpaired) electrons. The minimum atomic E-state index is -1.12. The average molecular weight is 953 g/mol. The maximum absolute atomic E-state index is 9.53. The number of hydrogen-bond acceptors (Lipinski definition) is 19. The Kier molecular flexibility index (Phi) is 53.3. The standard InChI is InChI=1S/4CHNO2S2.3Mo.3O.4S/c4*3-1(4)2-5-6-2;;;;;;;;;;/h4*(H,3,4);;;;;;;;;;/q;;;;3*+4;;;;4*-2/p-4. The molecule has 4 aromatic rings. The minimum Gasteiger partial charge on any atom is -2.00 e. The molecule has 0 saturated heterocycles. The van der Waals surface area contributed by atoms with E-state index in [9.17, 15) is 39.6 Å². The maximum Gasteiger partial charge on any atom is -2.00 e. The van der Waals surface area contributed by atoms with Crippen molar-refractivity contribution in [2.24, 2.45) is 0 Å². The van der Waals surface area contributed by atoms with Gasteiger partial charge in [0, 0.05) is 84.3 Å². The third-order valence-electron chi connectivity index (χ3n) is 1.19. The fourth-order valence-corrected chi connectivity index (χ4v) is 2.79. The zero-order chi connectivity index (χ0) is 24.3. The zero-order valence-electron chi connectivity index (χ0n) is 14.4. The van der Waals surface area contributed by atoms with Crippen LogP contribution in [0.5, 0.6) is 0 Å². The Morgan fingerprint density at radius 3 is 0.471 bits per heavy atom. The molecule has 30 heteroatoms. The summed E-state index contributed by atoms with van der Waals surface area (Å²) in [7, 11) is 9.31. The van der Waals surface area contributed by atoms with Crippen molar-refractivity contribution in [2.45, 2.75) is 0 Å². The molecule has 0 aromatic carbocycles. The molecule has 0 fully saturated rings. The van der Waals surface area contributed by atoms with Gasteiger partial charge in [-0.2, -0.15) is 13.4 Å². The first-order chi connectivity index (χ1) is 14.2. The second kappa shape index (κ2) is 34.7. The first-order valence-corrected chi connectivity index (χ1v) is 15.9. The van der Waals surface area contributed by atoms with Gasteiger partial charge in [-0.05, 0) is 0 Å². The summed E-state index contributed by atoms with van der Waals surface area (Å²) < 4.78 is 29.0. The van der Waals surface area contributed by atoms with Gasteiger partial charge in [-0.1, -0.05) is 0 Å². The maximum atomic E-state index is 9.53. The Morgan fingerprint density at radius 1 is 0.382 bits per heavy atom. The van der Waals surface area contributed by atoms with Crippen LogP contribution in [0, 0.1) is 0 Å². The molecule has 0 aliphatic heterocycles. The van der Waals surface area contributed by atoms with Crippen LogP contribution in [0.15, 0.2) is 0 Å². The Balaban J connectivity index is -0.0000000513. The Labute approximate surface area is 281 Å². The summed E-state index contributed by atoms with van der Waals surface area (Å²) in [5, 5.41) is 38.1. The van der Waals surface area contributed by atoms with Crippen LogP contribution in [0.1, 0.15) is 0 Å². The van der Waals surface area contributed by atoms with Gasteiger partial charge in [-0.25, -0.2) is 0 Å². The summed E-state index contributed by atoms with van der Waals surface area (Å²) in [6.07, 6.45) is -4.48. The van der Waals surface area contributed by atoms with Gasteiger partial charge in [0.05, 0.1) is 0 Å². The summed E-state index contributed by atoms with van der Waals surface area (Å²) in [5.74, 6) is 0. The second-order valence-corrected chi connectivity index (χ2v) is 11.3. The molecule has 0 aliphatic carbocycles. The molecule has 15 nitrogen and oxygen atoms in total. The number of carbonyl (C=O) groups excluding carboxylic acids is 4. The molecular weight excluding hydrogens is 953 g/mol. The van der Waals surface area contributed by atoms with Crippen molar-refractivity contribution in [3.05, 3.63) is 0 Å². The van der Waals surface area contributed by atoms with Gasteiger partial charge >= 0.3 is 69.5 Å². The third-order valence-corrected chi connectivity index (χ3v) is 7.16. The van der Waals surface area contributed by atoms with Crippen molar-refractivity contribution in [3.8, 4) is 0 Å². The third kappa shape index (κ3) is 40.9. The number of carbonyl (C=O) groups is 4. The fraction of sp³-hybridized carbons (Fsp3) is 0. The van der Waals surface area contributed by atoms with Crippen molar-refractivity contribution in [2.75, 3.05) is 0 Å². The van der Waals surface area contributed by atoms with Gasteiger partial charge in [0.25, 0.3) is 0 Å². The van der Waals surface area contributed by atoms with E-state index in [0.717, 1.165) is 97.7 Å². The largest absolute Gasteiger partial charge is 2.00 e. The van der Waals surface area contributed by atoms with E-state index in [4.69, 9.17) is 10.2 Å². The predicted octanol–water partition coefficient (Wildman–Crippen LogP) is -1.16. The average Bonchev–Trinajstić information content (AvgIpc) is 3.61. The molecule has 0 atom stereocenters. The zero-order valence-corrected chi connectivity index (χ0v) is 30.2. The van der Waals surface area contributed by atoms with Crippen molar-refractivity contribution >= 4 is 163 Å². The quantitative estimate of drug-likeness (QED) is 0.151. The molecule has 0 amide bonds. The molecule has 4 heterocycles. The Hall–Kier alpha value is 1.70. The summed E-state index contributed by atoms with van der Waals surface area (Å²) in [5.41, 5.74) is 0. The molecule has 0 unspecified atom stereocenters. The molecule has 0 saturated carbocycles. The fourth-order valence-electron chi connectivity index (χ4n) is 0.310. The van der Waals surface area contributed by atoms with E-state index >= 15 is 0 Å². The van der Waals surface area contributed by atoms with E-state index in [0.29, 0.717) is 59.3 Å². The monoisotopic (exact) mass is 957 g/mol. The molecule has 0 bridgehead atoms. The van der Waals surface area contributed by atoms with Gasteiger partial charge < -0.3 is 93.6 Å². The van der Waals surface area contributed by atoms with Crippen LogP contribution in [0.25, 0.3) is 0 Å². The molecule has 4 aromatic heterocycles. The van der Waals surface area contributed by atoms with Gasteiger partial charge in [-0.15, -0.1) is 0 Å². The topological polar surface area (TPSA) is 231 Å². The number of nitrogens with zero attached hydrogens (tertiary/aromatic N) is 4. The van der Waals surface area contributed by atoms with Crippen LogP contribution in [0.3, 0.4) is 0 Å². The smallest absolute Gasteiger partial charge is 2.00 e. The summed E-state index contributed by atoms with van der Waals surface area (Å²) in [4.78, 5) is 38.1. The van der Waals surface area contributed by atoms with E-state index < -0.39 is 24.4 Å². The van der Waals surface area contributed by atoms with Crippen molar-refractivity contribution < 1.29 is 109 Å². The van der Waals surface area contributed by atoms with Crippen LogP contribution in [-0.4, -0.2) is 37.8 Å². The SMILES string of the molecule is O=C([O-])n1ss1.O=C([O-])n1ss1.O=C([O-])n1ss1.O=C([O-])n1ss1.[O]=[Mo+4].[O]=[Mo+4].[O]=[Mo+4].[S-2].[S-2].[S-2].[S-2]. The first-order valence-electron chi connectivity index (χ1n) is 5.15. The molecule has 4 rings (SSSR count). The van der Waals surface area contributed by atoms with Gasteiger partial charge in [-0.3, -0.25) is 0 Å².